The Kier molecular flexibility index (Phi) is 21.0. The summed E-state index contributed by atoms with van der Waals surface area (Å²) in [6, 6.07) is 80.7. The molecule has 2 aliphatic heterocycles. The van der Waals surface area contributed by atoms with Gasteiger partial charge in [0.2, 0.25) is 0 Å². The van der Waals surface area contributed by atoms with Crippen LogP contribution >= 0.6 is 0 Å². The lowest BCUT2D eigenvalue weighted by atomic mass is 9.91. The Bertz CT molecular complexity index is 2950. The maximum Gasteiger partial charge on any atom is 0.198 e. The average molecular weight is 1080 g/mol. The molecular weight excluding hydrogens is 1000 g/mol. The fraction of sp³-hybridized carbons (Fsp3) is 0.304. The highest BCUT2D eigenvalue weighted by molar-refractivity contribution is 5.20. The van der Waals surface area contributed by atoms with Crippen molar-refractivity contribution in [3.63, 3.8) is 0 Å². The summed E-state index contributed by atoms with van der Waals surface area (Å²) >= 11 is 0. The Labute approximate surface area is 471 Å². The monoisotopic (exact) mass is 1080 g/mol. The van der Waals surface area contributed by atoms with Crippen LogP contribution in [-0.2, 0) is 105 Å². The van der Waals surface area contributed by atoms with Crippen molar-refractivity contribution < 1.29 is 52.1 Å². The zero-order chi connectivity index (χ0) is 54.4. The van der Waals surface area contributed by atoms with E-state index in [1.165, 1.54) is 0 Å². The standard InChI is InChI=1S/C69H72O11/c1-69(67(77-49-59-40-24-9-25-41-59)65(75-47-57-36-20-7-21-37-57)63(73-45-55-32-16-5-17-33-55)61(79-69)51-71-43-53-28-12-3-13-29-53)80-68-66(76-48-58-38-22-8-23-39-58)64(74-46-56-34-18-6-19-35-56)62(72-44-54-30-14-4-15-31-54)60(78-68)50-70-42-52-26-10-2-11-27-52/h2-41,60-68H,42-51H2,1H3/t60-,61-,62+,63+,64+,65+,66-,67-,68-,69-/m1/s1. The summed E-state index contributed by atoms with van der Waals surface area (Å²) in [6.45, 7) is 4.28. The first-order valence-electron chi connectivity index (χ1n) is 27.7. The van der Waals surface area contributed by atoms with E-state index in [1.54, 1.807) is 0 Å². The summed E-state index contributed by atoms with van der Waals surface area (Å²) in [4.78, 5) is 0. The normalized spacial score (nSPS) is 23.8. The Morgan fingerprint density at radius 3 is 0.938 bits per heavy atom. The van der Waals surface area contributed by atoms with Crippen molar-refractivity contribution in [3.05, 3.63) is 287 Å². The first-order valence-corrected chi connectivity index (χ1v) is 27.7. The molecule has 11 heteroatoms. The summed E-state index contributed by atoms with van der Waals surface area (Å²) in [5, 5.41) is 0. The van der Waals surface area contributed by atoms with Gasteiger partial charge in [0.1, 0.15) is 48.8 Å². The molecule has 0 bridgehead atoms. The zero-order valence-electron chi connectivity index (χ0n) is 45.4. The summed E-state index contributed by atoms with van der Waals surface area (Å²) in [6.07, 6.45) is -7.53. The molecule has 0 unspecified atom stereocenters. The lowest BCUT2D eigenvalue weighted by molar-refractivity contribution is -0.431. The third-order valence-electron chi connectivity index (χ3n) is 14.3. The first kappa shape index (κ1) is 56.6. The van der Waals surface area contributed by atoms with E-state index >= 15 is 0 Å². The highest BCUT2D eigenvalue weighted by atomic mass is 16.8. The van der Waals surface area contributed by atoms with Crippen LogP contribution in [0, 0.1) is 0 Å². The van der Waals surface area contributed by atoms with Crippen molar-refractivity contribution in [2.45, 2.75) is 121 Å². The summed E-state index contributed by atoms with van der Waals surface area (Å²) in [5.41, 5.74) is 7.88. The fourth-order valence-electron chi connectivity index (χ4n) is 10.2. The van der Waals surface area contributed by atoms with E-state index in [0.29, 0.717) is 13.2 Å². The van der Waals surface area contributed by atoms with Crippen LogP contribution in [0.3, 0.4) is 0 Å². The Morgan fingerprint density at radius 2 is 0.575 bits per heavy atom. The van der Waals surface area contributed by atoms with Gasteiger partial charge in [0, 0.05) is 0 Å². The van der Waals surface area contributed by atoms with Gasteiger partial charge in [0.05, 0.1) is 66.1 Å². The van der Waals surface area contributed by atoms with Crippen LogP contribution in [0.15, 0.2) is 243 Å². The van der Waals surface area contributed by atoms with Gasteiger partial charge in [-0.25, -0.2) is 0 Å². The average Bonchev–Trinajstić information content (AvgIpc) is 3.60. The predicted octanol–water partition coefficient (Wildman–Crippen LogP) is 12.8. The largest absolute Gasteiger partial charge is 0.374 e. The number of hydrogen-bond donors (Lipinski definition) is 0. The smallest absolute Gasteiger partial charge is 0.198 e. The molecule has 0 aromatic heterocycles. The summed E-state index contributed by atoms with van der Waals surface area (Å²) < 4.78 is 78.4. The van der Waals surface area contributed by atoms with Gasteiger partial charge in [-0.1, -0.05) is 243 Å². The summed E-state index contributed by atoms with van der Waals surface area (Å²) in [5.74, 6) is -1.64. The maximum absolute atomic E-state index is 7.62. The zero-order valence-corrected chi connectivity index (χ0v) is 45.4. The van der Waals surface area contributed by atoms with E-state index in [0.717, 1.165) is 44.5 Å². The second-order valence-electron chi connectivity index (χ2n) is 20.4. The van der Waals surface area contributed by atoms with E-state index < -0.39 is 60.9 Å². The molecule has 0 aliphatic carbocycles. The molecule has 2 aliphatic rings. The van der Waals surface area contributed by atoms with Gasteiger partial charge in [-0.05, 0) is 51.4 Å². The molecule has 80 heavy (non-hydrogen) atoms. The van der Waals surface area contributed by atoms with E-state index in [9.17, 15) is 0 Å². The molecule has 8 aromatic carbocycles. The summed E-state index contributed by atoms with van der Waals surface area (Å²) in [7, 11) is 0. The Morgan fingerprint density at radius 1 is 0.300 bits per heavy atom. The SMILES string of the molecule is C[C@]1(O[C@H]2O[C@H](COCc3ccccc3)[C@H](OCc3ccccc3)[C@H](OCc3ccccc3)[C@H]2OCc2ccccc2)O[C@H](COCc2ccccc2)[C@H](OCc2ccccc2)[C@H](OCc2ccccc2)[C@H]1OCc1ccccc1. The van der Waals surface area contributed by atoms with Gasteiger partial charge in [-0.3, -0.25) is 0 Å². The fourth-order valence-corrected chi connectivity index (χ4v) is 10.2. The lowest BCUT2D eigenvalue weighted by Gasteiger charge is -2.53. The van der Waals surface area contributed by atoms with Gasteiger partial charge in [-0.15, -0.1) is 0 Å². The molecule has 0 amide bonds. The first-order chi connectivity index (χ1) is 39.5. The van der Waals surface area contributed by atoms with Gasteiger partial charge in [0.25, 0.3) is 0 Å². The van der Waals surface area contributed by atoms with Gasteiger partial charge in [0.15, 0.2) is 12.1 Å². The van der Waals surface area contributed by atoms with Crippen LogP contribution in [0.5, 0.6) is 0 Å². The Hall–Kier alpha value is -6.68. The van der Waals surface area contributed by atoms with Crippen LogP contribution in [-0.4, -0.2) is 74.1 Å². The van der Waals surface area contributed by atoms with Gasteiger partial charge < -0.3 is 52.1 Å². The second kappa shape index (κ2) is 29.7. The lowest BCUT2D eigenvalue weighted by Crippen LogP contribution is -2.70. The molecule has 0 saturated carbocycles. The van der Waals surface area contributed by atoms with E-state index in [-0.39, 0.29) is 52.9 Å². The number of benzene rings is 8. The molecule has 0 N–H and O–H groups in total. The van der Waals surface area contributed by atoms with Crippen molar-refractivity contribution in [2.24, 2.45) is 0 Å². The topological polar surface area (TPSA) is 102 Å². The highest BCUT2D eigenvalue weighted by Gasteiger charge is 2.59. The molecule has 10 atom stereocenters. The maximum atomic E-state index is 7.62. The third-order valence-corrected chi connectivity index (χ3v) is 14.3. The minimum absolute atomic E-state index is 0.123. The van der Waals surface area contributed by atoms with E-state index in [4.69, 9.17) is 52.1 Å². The molecule has 0 radical (unpaired) electrons. The van der Waals surface area contributed by atoms with Crippen LogP contribution in [0.2, 0.25) is 0 Å². The van der Waals surface area contributed by atoms with Crippen LogP contribution < -0.4 is 0 Å². The number of hydrogen-bond acceptors (Lipinski definition) is 11. The minimum Gasteiger partial charge on any atom is -0.374 e. The highest BCUT2D eigenvalue weighted by Crippen LogP contribution is 2.42. The molecule has 2 saturated heterocycles. The van der Waals surface area contributed by atoms with Crippen LogP contribution in [0.4, 0.5) is 0 Å². The molecule has 0 spiro atoms. The van der Waals surface area contributed by atoms with Crippen molar-refractivity contribution >= 4 is 0 Å². The van der Waals surface area contributed by atoms with Crippen molar-refractivity contribution in [3.8, 4) is 0 Å². The number of rotatable bonds is 28. The molecule has 10 rings (SSSR count). The quantitative estimate of drug-likeness (QED) is 0.0469. The van der Waals surface area contributed by atoms with Crippen LogP contribution in [0.25, 0.3) is 0 Å². The van der Waals surface area contributed by atoms with Gasteiger partial charge in [-0.2, -0.15) is 0 Å². The Balaban J connectivity index is 1.06. The second-order valence-corrected chi connectivity index (χ2v) is 20.4. The molecular formula is C69H72O11. The van der Waals surface area contributed by atoms with Crippen molar-refractivity contribution in [1.29, 1.82) is 0 Å². The van der Waals surface area contributed by atoms with Crippen LogP contribution in [0.1, 0.15) is 51.4 Å². The number of ether oxygens (including phenoxy) is 11. The van der Waals surface area contributed by atoms with E-state index in [1.807, 2.05) is 250 Å². The molecule has 2 fully saturated rings. The third kappa shape index (κ3) is 16.2. The van der Waals surface area contributed by atoms with Crippen molar-refractivity contribution in [2.75, 3.05) is 13.2 Å². The minimum atomic E-state index is -1.64. The molecule has 11 nitrogen and oxygen atoms in total. The van der Waals surface area contributed by atoms with Gasteiger partial charge >= 0.3 is 0 Å². The van der Waals surface area contributed by atoms with Crippen molar-refractivity contribution in [1.82, 2.24) is 0 Å². The van der Waals surface area contributed by atoms with E-state index in [2.05, 4.69) is 0 Å². The molecule has 414 valence electrons. The predicted molar refractivity (Wildman–Crippen MR) is 305 cm³/mol. The molecule has 2 heterocycles. The molecule has 8 aromatic rings.